The molecule has 2 aromatic rings. The number of hydrogen-bond acceptors (Lipinski definition) is 2. The van der Waals surface area contributed by atoms with Crippen LogP contribution in [0.1, 0.15) is 78.9 Å². The van der Waals surface area contributed by atoms with Crippen LogP contribution in [0.3, 0.4) is 0 Å². The van der Waals surface area contributed by atoms with Gasteiger partial charge in [0.1, 0.15) is 5.75 Å². The minimum atomic E-state index is -0.629. The van der Waals surface area contributed by atoms with Crippen molar-refractivity contribution in [3.63, 3.8) is 0 Å². The van der Waals surface area contributed by atoms with Crippen LogP contribution in [-0.2, 0) is 15.6 Å². The quantitative estimate of drug-likeness (QED) is 0.496. The van der Waals surface area contributed by atoms with Crippen LogP contribution >= 0.6 is 0 Å². The van der Waals surface area contributed by atoms with Gasteiger partial charge < -0.3 is 10.1 Å². The van der Waals surface area contributed by atoms with Gasteiger partial charge in [-0.2, -0.15) is 0 Å². The highest BCUT2D eigenvalue weighted by molar-refractivity contribution is 5.96. The van der Waals surface area contributed by atoms with E-state index in [9.17, 15) is 4.79 Å². The highest BCUT2D eigenvalue weighted by Crippen LogP contribution is 2.39. The summed E-state index contributed by atoms with van der Waals surface area (Å²) in [6.07, 6.45) is 1.89. The minimum absolute atomic E-state index is 0.0289. The summed E-state index contributed by atoms with van der Waals surface area (Å²) in [5, 5.41) is 2.86. The third-order valence-corrected chi connectivity index (χ3v) is 6.38. The van der Waals surface area contributed by atoms with Crippen LogP contribution in [0.25, 0.3) is 0 Å². The third kappa shape index (κ3) is 5.35. The van der Waals surface area contributed by atoms with E-state index in [0.717, 1.165) is 24.2 Å². The van der Waals surface area contributed by atoms with Gasteiger partial charge in [-0.05, 0) is 59.4 Å². The number of para-hydroxylation sites is 1. The molecule has 0 aliphatic carbocycles. The standard InChI is InChI=1S/C26H37N2O2/c1-8-22(24(29)28-21-14-12-11-13-20(21)27)30-23-17-18(25(4,5)9-2)15-16-19(23)26(6,7)10-3/h11-17,22,27H,8-10H2,1-7H3,(H,28,29). The highest BCUT2D eigenvalue weighted by Gasteiger charge is 2.28. The predicted octanol–water partition coefficient (Wildman–Crippen LogP) is 6.77. The van der Waals surface area contributed by atoms with Crippen molar-refractivity contribution in [2.75, 3.05) is 5.32 Å². The van der Waals surface area contributed by atoms with Crippen molar-refractivity contribution in [3.05, 3.63) is 53.6 Å². The van der Waals surface area contributed by atoms with E-state index in [0.29, 0.717) is 17.8 Å². The predicted molar refractivity (Wildman–Crippen MR) is 126 cm³/mol. The Morgan fingerprint density at radius 2 is 1.63 bits per heavy atom. The Kier molecular flexibility index (Phi) is 7.57. The van der Waals surface area contributed by atoms with E-state index in [1.54, 1.807) is 18.2 Å². The van der Waals surface area contributed by atoms with Crippen LogP contribution in [-0.4, -0.2) is 12.0 Å². The van der Waals surface area contributed by atoms with Gasteiger partial charge in [-0.1, -0.05) is 72.7 Å². The lowest BCUT2D eigenvalue weighted by molar-refractivity contribution is -0.122. The molecule has 1 atom stereocenters. The summed E-state index contributed by atoms with van der Waals surface area (Å²) >= 11 is 0. The maximum Gasteiger partial charge on any atom is 0.265 e. The third-order valence-electron chi connectivity index (χ3n) is 6.38. The zero-order chi connectivity index (χ0) is 22.5. The molecule has 2 rings (SSSR count). The monoisotopic (exact) mass is 409 g/mol. The Labute approximate surface area is 182 Å². The second kappa shape index (κ2) is 9.55. The number of ether oxygens (including phenoxy) is 1. The van der Waals surface area contributed by atoms with E-state index in [4.69, 9.17) is 10.5 Å². The van der Waals surface area contributed by atoms with Crippen LogP contribution in [0.4, 0.5) is 11.4 Å². The fourth-order valence-corrected chi connectivity index (χ4v) is 3.28. The van der Waals surface area contributed by atoms with Gasteiger partial charge in [0.2, 0.25) is 0 Å². The number of nitrogens with one attached hydrogen (secondary N) is 2. The lowest BCUT2D eigenvalue weighted by Gasteiger charge is -2.31. The molecule has 4 nitrogen and oxygen atoms in total. The van der Waals surface area contributed by atoms with Crippen LogP contribution < -0.4 is 15.8 Å². The van der Waals surface area contributed by atoms with Crippen LogP contribution in [0.2, 0.25) is 0 Å². The van der Waals surface area contributed by atoms with E-state index >= 15 is 0 Å². The van der Waals surface area contributed by atoms with Gasteiger partial charge in [-0.15, -0.1) is 0 Å². The number of carbonyl (C=O) groups is 1. The molecule has 0 aliphatic heterocycles. The summed E-state index contributed by atoms with van der Waals surface area (Å²) in [6, 6.07) is 13.5. The fourth-order valence-electron chi connectivity index (χ4n) is 3.28. The number of anilines is 1. The largest absolute Gasteiger partial charge is 0.480 e. The molecule has 0 aromatic heterocycles. The number of benzene rings is 2. The molecule has 0 saturated carbocycles. The maximum absolute atomic E-state index is 12.9. The Morgan fingerprint density at radius 1 is 1.00 bits per heavy atom. The number of rotatable bonds is 9. The number of carbonyl (C=O) groups excluding carboxylic acids is 1. The van der Waals surface area contributed by atoms with E-state index in [-0.39, 0.29) is 16.7 Å². The molecule has 0 saturated heterocycles. The van der Waals surface area contributed by atoms with E-state index in [2.05, 4.69) is 65.1 Å². The minimum Gasteiger partial charge on any atom is -0.480 e. The Bertz CT molecular complexity index is 871. The van der Waals surface area contributed by atoms with Gasteiger partial charge in [-0.3, -0.25) is 10.5 Å². The second-order valence-electron chi connectivity index (χ2n) is 9.24. The van der Waals surface area contributed by atoms with Crippen molar-refractivity contribution in [2.45, 2.75) is 84.7 Å². The summed E-state index contributed by atoms with van der Waals surface area (Å²) < 4.78 is 6.36. The summed E-state index contributed by atoms with van der Waals surface area (Å²) in [7, 11) is 0. The summed E-state index contributed by atoms with van der Waals surface area (Å²) in [4.78, 5) is 12.9. The molecule has 1 amide bonds. The lowest BCUT2D eigenvalue weighted by atomic mass is 9.77. The van der Waals surface area contributed by atoms with Gasteiger partial charge in [0.15, 0.2) is 6.10 Å². The summed E-state index contributed by atoms with van der Waals surface area (Å²) in [6.45, 7) is 15.2. The zero-order valence-electron chi connectivity index (χ0n) is 19.6. The summed E-state index contributed by atoms with van der Waals surface area (Å²) in [5.41, 5.74) is 11.1. The van der Waals surface area contributed by atoms with Gasteiger partial charge >= 0.3 is 0 Å². The average molecular weight is 410 g/mol. The van der Waals surface area contributed by atoms with E-state index in [1.807, 2.05) is 13.0 Å². The molecule has 4 heteroatoms. The van der Waals surface area contributed by atoms with Gasteiger partial charge in [0.05, 0.1) is 11.4 Å². The SMILES string of the molecule is CCC(Oc1cc(C(C)(C)CC)ccc1C(C)(C)CC)C(=O)Nc1ccccc1[NH]. The Balaban J connectivity index is 2.40. The van der Waals surface area contributed by atoms with Gasteiger partial charge in [-0.25, -0.2) is 0 Å². The molecule has 1 radical (unpaired) electrons. The van der Waals surface area contributed by atoms with Crippen LogP contribution in [0, 0.1) is 0 Å². The molecule has 30 heavy (non-hydrogen) atoms. The van der Waals surface area contributed by atoms with Crippen LogP contribution in [0.5, 0.6) is 5.75 Å². The maximum atomic E-state index is 12.9. The molecule has 163 valence electrons. The first-order chi connectivity index (χ1) is 14.1. The first-order valence-corrected chi connectivity index (χ1v) is 11.0. The van der Waals surface area contributed by atoms with Crippen molar-refractivity contribution in [3.8, 4) is 5.75 Å². The Morgan fingerprint density at radius 3 is 2.20 bits per heavy atom. The molecular weight excluding hydrogens is 372 g/mol. The van der Waals surface area contributed by atoms with Crippen molar-refractivity contribution in [2.24, 2.45) is 0 Å². The average Bonchev–Trinajstić information content (AvgIpc) is 2.73. The van der Waals surface area contributed by atoms with Gasteiger partial charge in [0.25, 0.3) is 5.91 Å². The first-order valence-electron chi connectivity index (χ1n) is 11.0. The number of amides is 1. The molecule has 0 spiro atoms. The van der Waals surface area contributed by atoms with Gasteiger partial charge in [0, 0.05) is 0 Å². The molecule has 2 aromatic carbocycles. The van der Waals surface area contributed by atoms with Crippen molar-refractivity contribution < 1.29 is 9.53 Å². The highest BCUT2D eigenvalue weighted by atomic mass is 16.5. The zero-order valence-corrected chi connectivity index (χ0v) is 19.6. The van der Waals surface area contributed by atoms with E-state index < -0.39 is 6.10 Å². The van der Waals surface area contributed by atoms with Crippen molar-refractivity contribution in [1.29, 1.82) is 0 Å². The molecule has 0 heterocycles. The molecule has 0 fully saturated rings. The fraction of sp³-hybridized carbons (Fsp3) is 0.500. The van der Waals surface area contributed by atoms with Crippen molar-refractivity contribution in [1.82, 2.24) is 5.73 Å². The smallest absolute Gasteiger partial charge is 0.265 e. The molecule has 0 aliphatic rings. The normalized spacial score (nSPS) is 13.0. The first kappa shape index (κ1) is 23.8. The van der Waals surface area contributed by atoms with Crippen molar-refractivity contribution >= 4 is 17.3 Å². The second-order valence-corrected chi connectivity index (χ2v) is 9.24. The van der Waals surface area contributed by atoms with Crippen LogP contribution in [0.15, 0.2) is 42.5 Å². The molecular formula is C26H37N2O2. The summed E-state index contributed by atoms with van der Waals surface area (Å²) in [5.74, 6) is 0.555. The number of hydrogen-bond donors (Lipinski definition) is 1. The Hall–Kier alpha value is -2.49. The molecule has 2 N–H and O–H groups in total. The van der Waals surface area contributed by atoms with E-state index in [1.165, 1.54) is 5.56 Å². The molecule has 1 unspecified atom stereocenters. The molecule has 0 bridgehead atoms. The topological polar surface area (TPSA) is 62.1 Å². The lowest BCUT2D eigenvalue weighted by Crippen LogP contribution is -2.33.